The Hall–Kier alpha value is -4.66. The molecule has 3 aromatic rings. The number of hydrogen-bond donors (Lipinski definition) is 3. The Labute approximate surface area is 221 Å². The van der Waals surface area contributed by atoms with Crippen molar-refractivity contribution in [3.63, 3.8) is 0 Å². The number of hydrogen-bond acceptors (Lipinski definition) is 5. The number of nitrogens with one attached hydrogen (secondary N) is 1. The Morgan fingerprint density at radius 3 is 2.34 bits per heavy atom. The summed E-state index contributed by atoms with van der Waals surface area (Å²) in [6.07, 6.45) is 0.298. The van der Waals surface area contributed by atoms with Crippen molar-refractivity contribution in [1.29, 1.82) is 5.41 Å². The van der Waals surface area contributed by atoms with Crippen LogP contribution in [0.2, 0.25) is 0 Å². The van der Waals surface area contributed by atoms with Crippen molar-refractivity contribution in [3.8, 4) is 0 Å². The molecule has 4 rings (SSSR count). The Morgan fingerprint density at radius 1 is 1.05 bits per heavy atom. The summed E-state index contributed by atoms with van der Waals surface area (Å²) in [7, 11) is 3.35. The quantitative estimate of drug-likeness (QED) is 0.313. The average molecular weight is 514 g/mol. The topological polar surface area (TPSA) is 131 Å². The summed E-state index contributed by atoms with van der Waals surface area (Å²) in [5, 5.41) is 17.1. The lowest BCUT2D eigenvalue weighted by Gasteiger charge is -2.29. The van der Waals surface area contributed by atoms with E-state index in [-0.39, 0.29) is 24.1 Å². The van der Waals surface area contributed by atoms with Crippen LogP contribution < -0.4 is 15.5 Å². The van der Waals surface area contributed by atoms with E-state index in [1.165, 1.54) is 4.90 Å². The maximum atomic E-state index is 13.5. The number of aliphatic carboxylic acids is 1. The first-order chi connectivity index (χ1) is 18.2. The standard InChI is InChI=1S/C29H31N5O4/c1-32(23-12-10-20(11-13-23)27(30)31)28(37)21-8-9-22-18-34(15-14-19-6-4-3-5-7-19)29(38)25(17-26(35)36)33(2)24(22)16-21/h3-13,16,25H,14-15,17-18H2,1-2H3,(H3,30,31)(H,35,36)/t25-/m1/s1. The van der Waals surface area contributed by atoms with Gasteiger partial charge in [-0.3, -0.25) is 19.8 Å². The number of nitrogen functional groups attached to an aromatic ring is 1. The molecule has 0 aromatic heterocycles. The molecular weight excluding hydrogens is 482 g/mol. The van der Waals surface area contributed by atoms with E-state index < -0.39 is 12.0 Å². The fraction of sp³-hybridized carbons (Fsp3) is 0.241. The Bertz CT molecular complexity index is 1360. The van der Waals surface area contributed by atoms with Crippen LogP contribution in [-0.2, 0) is 22.6 Å². The molecule has 1 heterocycles. The van der Waals surface area contributed by atoms with Gasteiger partial charge in [0.05, 0.1) is 6.42 Å². The molecule has 0 unspecified atom stereocenters. The van der Waals surface area contributed by atoms with Crippen molar-refractivity contribution in [3.05, 3.63) is 95.1 Å². The number of anilines is 2. The number of amides is 2. The number of carboxylic acids is 1. The van der Waals surface area contributed by atoms with Crippen LogP contribution in [-0.4, -0.2) is 60.3 Å². The van der Waals surface area contributed by atoms with Crippen LogP contribution in [0.4, 0.5) is 11.4 Å². The molecule has 38 heavy (non-hydrogen) atoms. The van der Waals surface area contributed by atoms with Gasteiger partial charge in [-0.1, -0.05) is 36.4 Å². The molecule has 0 bridgehead atoms. The van der Waals surface area contributed by atoms with Gasteiger partial charge in [0.2, 0.25) is 5.91 Å². The Morgan fingerprint density at radius 2 is 1.71 bits per heavy atom. The van der Waals surface area contributed by atoms with Gasteiger partial charge in [0.1, 0.15) is 11.9 Å². The lowest BCUT2D eigenvalue weighted by molar-refractivity contribution is -0.142. The highest BCUT2D eigenvalue weighted by Crippen LogP contribution is 2.31. The van der Waals surface area contributed by atoms with E-state index in [1.54, 1.807) is 60.3 Å². The first-order valence-corrected chi connectivity index (χ1v) is 12.3. The van der Waals surface area contributed by atoms with Gasteiger partial charge in [-0.15, -0.1) is 0 Å². The number of amidine groups is 1. The molecule has 0 spiro atoms. The third-order valence-electron chi connectivity index (χ3n) is 6.89. The van der Waals surface area contributed by atoms with Crippen LogP contribution in [0.15, 0.2) is 72.8 Å². The zero-order valence-electron chi connectivity index (χ0n) is 21.4. The molecule has 1 atom stereocenters. The van der Waals surface area contributed by atoms with Crippen molar-refractivity contribution >= 4 is 35.0 Å². The van der Waals surface area contributed by atoms with Gasteiger partial charge < -0.3 is 25.5 Å². The molecule has 0 radical (unpaired) electrons. The van der Waals surface area contributed by atoms with Crippen molar-refractivity contribution in [1.82, 2.24) is 4.90 Å². The number of carbonyl (C=O) groups is 3. The van der Waals surface area contributed by atoms with Gasteiger partial charge in [-0.2, -0.15) is 0 Å². The van der Waals surface area contributed by atoms with Crippen molar-refractivity contribution in [2.24, 2.45) is 5.73 Å². The molecule has 9 heteroatoms. The molecule has 9 nitrogen and oxygen atoms in total. The van der Waals surface area contributed by atoms with Gasteiger partial charge in [-0.25, -0.2) is 0 Å². The second kappa shape index (κ2) is 11.2. The maximum absolute atomic E-state index is 13.5. The van der Waals surface area contributed by atoms with Crippen LogP contribution in [0.3, 0.4) is 0 Å². The van der Waals surface area contributed by atoms with Gasteiger partial charge >= 0.3 is 5.97 Å². The molecule has 0 fully saturated rings. The van der Waals surface area contributed by atoms with Crippen LogP contribution in [0, 0.1) is 5.41 Å². The highest BCUT2D eigenvalue weighted by molar-refractivity contribution is 6.07. The summed E-state index contributed by atoms with van der Waals surface area (Å²) in [6, 6.07) is 21.0. The molecule has 196 valence electrons. The number of rotatable bonds is 8. The Kier molecular flexibility index (Phi) is 7.76. The molecule has 1 aliphatic rings. The highest BCUT2D eigenvalue weighted by Gasteiger charge is 2.35. The zero-order valence-corrected chi connectivity index (χ0v) is 21.4. The second-order valence-corrected chi connectivity index (χ2v) is 9.39. The van der Waals surface area contributed by atoms with Gasteiger partial charge in [0, 0.05) is 49.7 Å². The first-order valence-electron chi connectivity index (χ1n) is 12.3. The van der Waals surface area contributed by atoms with Crippen LogP contribution >= 0.6 is 0 Å². The number of fused-ring (bicyclic) bond motifs is 1. The largest absolute Gasteiger partial charge is 0.481 e. The normalized spacial score (nSPS) is 15.0. The van der Waals surface area contributed by atoms with E-state index in [9.17, 15) is 19.5 Å². The number of nitrogens with zero attached hydrogens (tertiary/aromatic N) is 3. The van der Waals surface area contributed by atoms with Crippen LogP contribution in [0.25, 0.3) is 0 Å². The summed E-state index contributed by atoms with van der Waals surface area (Å²) in [4.78, 5) is 43.4. The Balaban J connectivity index is 1.62. The van der Waals surface area contributed by atoms with Gasteiger partial charge in [0.15, 0.2) is 0 Å². The third kappa shape index (κ3) is 5.67. The molecule has 0 saturated carbocycles. The van der Waals surface area contributed by atoms with E-state index >= 15 is 0 Å². The van der Waals surface area contributed by atoms with Crippen molar-refractivity contribution < 1.29 is 19.5 Å². The monoisotopic (exact) mass is 513 g/mol. The highest BCUT2D eigenvalue weighted by atomic mass is 16.4. The lowest BCUT2D eigenvalue weighted by atomic mass is 10.1. The first kappa shape index (κ1) is 26.4. The number of carboxylic acid groups (broad SMARTS) is 1. The van der Waals surface area contributed by atoms with Crippen molar-refractivity contribution in [2.45, 2.75) is 25.4 Å². The number of carbonyl (C=O) groups excluding carboxylic acids is 2. The molecular formula is C29H31N5O4. The average Bonchev–Trinajstić information content (AvgIpc) is 3.01. The number of likely N-dealkylation sites (N-methyl/N-ethyl adjacent to an activating group) is 1. The molecule has 0 aliphatic carbocycles. The summed E-state index contributed by atoms with van der Waals surface area (Å²) in [5.41, 5.74) is 9.71. The number of benzene rings is 3. The molecule has 0 saturated heterocycles. The van der Waals surface area contributed by atoms with E-state index in [4.69, 9.17) is 11.1 Å². The van der Waals surface area contributed by atoms with E-state index in [1.807, 2.05) is 36.4 Å². The van der Waals surface area contributed by atoms with Gasteiger partial charge in [-0.05, 0) is 53.9 Å². The molecule has 4 N–H and O–H groups in total. The lowest BCUT2D eigenvalue weighted by Crippen LogP contribution is -2.46. The summed E-state index contributed by atoms with van der Waals surface area (Å²) in [6.45, 7) is 0.768. The summed E-state index contributed by atoms with van der Waals surface area (Å²) < 4.78 is 0. The van der Waals surface area contributed by atoms with E-state index in [2.05, 4.69) is 0 Å². The van der Waals surface area contributed by atoms with Gasteiger partial charge in [0.25, 0.3) is 5.91 Å². The van der Waals surface area contributed by atoms with Crippen LogP contribution in [0.5, 0.6) is 0 Å². The smallest absolute Gasteiger partial charge is 0.305 e. The van der Waals surface area contributed by atoms with Crippen LogP contribution in [0.1, 0.15) is 33.5 Å². The predicted octanol–water partition coefficient (Wildman–Crippen LogP) is 3.11. The molecule has 2 amide bonds. The minimum atomic E-state index is -1.07. The minimum absolute atomic E-state index is 0.0532. The molecule has 1 aliphatic heterocycles. The zero-order chi connectivity index (χ0) is 27.4. The fourth-order valence-electron chi connectivity index (χ4n) is 4.65. The second-order valence-electron chi connectivity index (χ2n) is 9.39. The minimum Gasteiger partial charge on any atom is -0.481 e. The molecule has 3 aromatic carbocycles. The summed E-state index contributed by atoms with van der Waals surface area (Å²) >= 11 is 0. The maximum Gasteiger partial charge on any atom is 0.305 e. The number of nitrogens with two attached hydrogens (primary N) is 1. The fourth-order valence-corrected chi connectivity index (χ4v) is 4.65. The summed E-state index contributed by atoms with van der Waals surface area (Å²) in [5.74, 6) is -1.63. The third-order valence-corrected chi connectivity index (χ3v) is 6.89. The van der Waals surface area contributed by atoms with E-state index in [0.717, 1.165) is 11.1 Å². The van der Waals surface area contributed by atoms with E-state index in [0.29, 0.717) is 42.0 Å². The predicted molar refractivity (Wildman–Crippen MR) is 147 cm³/mol. The van der Waals surface area contributed by atoms with Crippen molar-refractivity contribution in [2.75, 3.05) is 30.4 Å². The SMILES string of the molecule is CN(C(=O)c1ccc2c(c1)N(C)[C@H](CC(=O)O)C(=O)N(CCc1ccccc1)C2)c1ccc(C(=N)N)cc1.